The van der Waals surface area contributed by atoms with E-state index >= 15 is 0 Å². The van der Waals surface area contributed by atoms with Gasteiger partial charge in [0, 0.05) is 12.5 Å². The molecule has 0 saturated heterocycles. The third-order valence-corrected chi connectivity index (χ3v) is 3.42. The highest BCUT2D eigenvalue weighted by Gasteiger charge is 2.22. The maximum atomic E-state index is 11.4. The number of benzene rings is 1. The molecule has 0 radical (unpaired) electrons. The Morgan fingerprint density at radius 1 is 1.50 bits per heavy atom. The van der Waals surface area contributed by atoms with Crippen LogP contribution in [0.2, 0.25) is 0 Å². The van der Waals surface area contributed by atoms with E-state index in [9.17, 15) is 4.79 Å². The molecular weight excluding hydrogens is 258 g/mol. The summed E-state index contributed by atoms with van der Waals surface area (Å²) in [6.07, 6.45) is 2.54. The van der Waals surface area contributed by atoms with Crippen molar-refractivity contribution < 1.29 is 14.3 Å². The molecule has 104 valence electrons. The Kier molecular flexibility index (Phi) is 3.37. The predicted molar refractivity (Wildman–Crippen MR) is 70.7 cm³/mol. The van der Waals surface area contributed by atoms with Crippen LogP contribution in [0.3, 0.4) is 0 Å². The highest BCUT2D eigenvalue weighted by atomic mass is 16.5. The SMILES string of the molecule is COC(=O)c1cn(CC2CCOc3ccccc32)nn1. The van der Waals surface area contributed by atoms with E-state index in [-0.39, 0.29) is 5.69 Å². The molecule has 0 fully saturated rings. The fourth-order valence-corrected chi connectivity index (χ4v) is 2.42. The van der Waals surface area contributed by atoms with Gasteiger partial charge in [-0.05, 0) is 18.1 Å². The number of carbonyl (C=O) groups is 1. The van der Waals surface area contributed by atoms with Gasteiger partial charge in [-0.2, -0.15) is 0 Å². The summed E-state index contributed by atoms with van der Waals surface area (Å²) in [5.41, 5.74) is 1.40. The minimum Gasteiger partial charge on any atom is -0.493 e. The van der Waals surface area contributed by atoms with Crippen LogP contribution in [-0.2, 0) is 11.3 Å². The van der Waals surface area contributed by atoms with Crippen LogP contribution >= 0.6 is 0 Å². The first kappa shape index (κ1) is 12.7. The molecule has 1 aliphatic heterocycles. The van der Waals surface area contributed by atoms with Crippen molar-refractivity contribution in [3.05, 3.63) is 41.7 Å². The molecule has 1 aromatic carbocycles. The molecule has 0 bridgehead atoms. The zero-order valence-electron chi connectivity index (χ0n) is 11.2. The van der Waals surface area contributed by atoms with Crippen LogP contribution in [0.1, 0.15) is 28.4 Å². The minimum atomic E-state index is -0.469. The fourth-order valence-electron chi connectivity index (χ4n) is 2.42. The maximum Gasteiger partial charge on any atom is 0.360 e. The molecule has 6 nitrogen and oxygen atoms in total. The first-order valence-corrected chi connectivity index (χ1v) is 6.48. The summed E-state index contributed by atoms with van der Waals surface area (Å²) in [6.45, 7) is 1.37. The molecule has 0 saturated carbocycles. The van der Waals surface area contributed by atoms with Crippen LogP contribution in [-0.4, -0.2) is 34.7 Å². The third kappa shape index (κ3) is 2.36. The van der Waals surface area contributed by atoms with Crippen LogP contribution in [0.25, 0.3) is 0 Å². The van der Waals surface area contributed by atoms with Crippen molar-refractivity contribution in [1.82, 2.24) is 15.0 Å². The van der Waals surface area contributed by atoms with E-state index in [1.54, 1.807) is 10.9 Å². The summed E-state index contributed by atoms with van der Waals surface area (Å²) in [7, 11) is 1.33. The Morgan fingerprint density at radius 2 is 2.35 bits per heavy atom. The van der Waals surface area contributed by atoms with E-state index in [1.807, 2.05) is 18.2 Å². The molecule has 1 atom stereocenters. The van der Waals surface area contributed by atoms with Gasteiger partial charge in [-0.25, -0.2) is 4.79 Å². The van der Waals surface area contributed by atoms with Gasteiger partial charge in [0.05, 0.1) is 19.9 Å². The number of ether oxygens (including phenoxy) is 2. The number of hydrogen-bond acceptors (Lipinski definition) is 5. The van der Waals surface area contributed by atoms with Crippen molar-refractivity contribution in [2.45, 2.75) is 18.9 Å². The Balaban J connectivity index is 1.79. The van der Waals surface area contributed by atoms with E-state index in [4.69, 9.17) is 4.74 Å². The first-order chi connectivity index (χ1) is 9.78. The molecular formula is C14H15N3O3. The number of methoxy groups -OCH3 is 1. The van der Waals surface area contributed by atoms with Gasteiger partial charge >= 0.3 is 5.97 Å². The number of rotatable bonds is 3. The number of nitrogens with zero attached hydrogens (tertiary/aromatic N) is 3. The molecule has 0 spiro atoms. The third-order valence-electron chi connectivity index (χ3n) is 3.42. The normalized spacial score (nSPS) is 17.1. The van der Waals surface area contributed by atoms with Crippen molar-refractivity contribution in [1.29, 1.82) is 0 Å². The number of carbonyl (C=O) groups excluding carboxylic acids is 1. The summed E-state index contributed by atoms with van der Waals surface area (Å²) in [5.74, 6) is 0.771. The molecule has 3 rings (SSSR count). The minimum absolute atomic E-state index is 0.229. The average Bonchev–Trinajstić information content (AvgIpc) is 2.95. The van der Waals surface area contributed by atoms with Gasteiger partial charge in [0.1, 0.15) is 5.75 Å². The van der Waals surface area contributed by atoms with Crippen molar-refractivity contribution in [3.8, 4) is 5.75 Å². The van der Waals surface area contributed by atoms with Crippen molar-refractivity contribution in [2.24, 2.45) is 0 Å². The number of hydrogen-bond donors (Lipinski definition) is 0. The summed E-state index contributed by atoms with van der Waals surface area (Å²) in [4.78, 5) is 11.4. The molecule has 2 heterocycles. The van der Waals surface area contributed by atoms with Gasteiger partial charge in [0.15, 0.2) is 5.69 Å². The van der Waals surface area contributed by atoms with Crippen LogP contribution in [0.15, 0.2) is 30.5 Å². The van der Waals surface area contributed by atoms with Crippen molar-refractivity contribution in [3.63, 3.8) is 0 Å². The molecule has 1 aliphatic rings. The standard InChI is InChI=1S/C14H15N3O3/c1-19-14(18)12-9-17(16-15-12)8-10-6-7-20-13-5-3-2-4-11(10)13/h2-5,9-10H,6-8H2,1H3. The topological polar surface area (TPSA) is 66.2 Å². The lowest BCUT2D eigenvalue weighted by atomic mass is 9.93. The van der Waals surface area contributed by atoms with Crippen LogP contribution in [0.5, 0.6) is 5.75 Å². The zero-order chi connectivity index (χ0) is 13.9. The smallest absolute Gasteiger partial charge is 0.360 e. The molecule has 0 amide bonds. The van der Waals surface area contributed by atoms with Gasteiger partial charge in [-0.3, -0.25) is 4.68 Å². The van der Waals surface area contributed by atoms with E-state index in [0.717, 1.165) is 12.2 Å². The largest absolute Gasteiger partial charge is 0.493 e. The molecule has 1 unspecified atom stereocenters. The van der Waals surface area contributed by atoms with Gasteiger partial charge in [0.2, 0.25) is 0 Å². The second-order valence-corrected chi connectivity index (χ2v) is 4.69. The second kappa shape index (κ2) is 5.32. The molecule has 2 aromatic rings. The maximum absolute atomic E-state index is 11.4. The monoisotopic (exact) mass is 273 g/mol. The second-order valence-electron chi connectivity index (χ2n) is 4.69. The Labute approximate surface area is 116 Å². The zero-order valence-corrected chi connectivity index (χ0v) is 11.2. The fraction of sp³-hybridized carbons (Fsp3) is 0.357. The van der Waals surface area contributed by atoms with Gasteiger partial charge in [-0.15, -0.1) is 5.10 Å². The van der Waals surface area contributed by atoms with Crippen LogP contribution in [0.4, 0.5) is 0 Å². The summed E-state index contributed by atoms with van der Waals surface area (Å²) < 4.78 is 11.9. The Morgan fingerprint density at radius 3 is 3.20 bits per heavy atom. The Hall–Kier alpha value is -2.37. The number of aromatic nitrogens is 3. The van der Waals surface area contributed by atoms with Crippen LogP contribution < -0.4 is 4.74 Å². The average molecular weight is 273 g/mol. The molecule has 0 aliphatic carbocycles. The highest BCUT2D eigenvalue weighted by molar-refractivity contribution is 5.86. The lowest BCUT2D eigenvalue weighted by molar-refractivity contribution is 0.0594. The molecule has 1 aromatic heterocycles. The van der Waals surface area contributed by atoms with Gasteiger partial charge < -0.3 is 9.47 Å². The van der Waals surface area contributed by atoms with Gasteiger partial charge in [-0.1, -0.05) is 23.4 Å². The van der Waals surface area contributed by atoms with Crippen LogP contribution in [0, 0.1) is 0 Å². The number of fused-ring (bicyclic) bond motifs is 1. The number of para-hydroxylation sites is 1. The lowest BCUT2D eigenvalue weighted by Crippen LogP contribution is -2.18. The lowest BCUT2D eigenvalue weighted by Gasteiger charge is -2.25. The molecule has 20 heavy (non-hydrogen) atoms. The molecule has 0 N–H and O–H groups in total. The van der Waals surface area contributed by atoms with E-state index < -0.39 is 5.97 Å². The quantitative estimate of drug-likeness (QED) is 0.795. The highest BCUT2D eigenvalue weighted by Crippen LogP contribution is 2.34. The van der Waals surface area contributed by atoms with Crippen molar-refractivity contribution in [2.75, 3.05) is 13.7 Å². The summed E-state index contributed by atoms with van der Waals surface area (Å²) in [5, 5.41) is 7.79. The van der Waals surface area contributed by atoms with E-state index in [0.29, 0.717) is 19.1 Å². The predicted octanol–water partition coefficient (Wildman–Crippen LogP) is 1.63. The summed E-state index contributed by atoms with van der Waals surface area (Å²) >= 11 is 0. The Bertz CT molecular complexity index is 624. The van der Waals surface area contributed by atoms with E-state index in [1.165, 1.54) is 12.7 Å². The number of esters is 1. The molecule has 6 heteroatoms. The van der Waals surface area contributed by atoms with Crippen molar-refractivity contribution >= 4 is 5.97 Å². The summed E-state index contributed by atoms with van der Waals surface area (Å²) in [6, 6.07) is 8.01. The first-order valence-electron chi connectivity index (χ1n) is 6.48. The van der Waals surface area contributed by atoms with Gasteiger partial charge in [0.25, 0.3) is 0 Å². The van der Waals surface area contributed by atoms with E-state index in [2.05, 4.69) is 21.1 Å².